The number of para-hydroxylation sites is 1. The summed E-state index contributed by atoms with van der Waals surface area (Å²) in [5.74, 6) is 0.571. The molecule has 0 saturated heterocycles. The maximum absolute atomic E-state index is 12.5. The van der Waals surface area contributed by atoms with E-state index in [4.69, 9.17) is 4.74 Å². The van der Waals surface area contributed by atoms with Crippen LogP contribution < -0.4 is 14.4 Å². The van der Waals surface area contributed by atoms with E-state index in [1.54, 1.807) is 24.3 Å². The summed E-state index contributed by atoms with van der Waals surface area (Å²) >= 11 is 0. The van der Waals surface area contributed by atoms with Gasteiger partial charge in [-0.25, -0.2) is 8.42 Å². The minimum Gasteiger partial charge on any atom is -0.492 e. The Labute approximate surface area is 202 Å². The maximum atomic E-state index is 12.5. The number of ether oxygens (including phenoxy) is 1. The van der Waals surface area contributed by atoms with Crippen molar-refractivity contribution in [2.24, 2.45) is 0 Å². The van der Waals surface area contributed by atoms with Crippen LogP contribution in [-0.2, 0) is 23.0 Å². The van der Waals surface area contributed by atoms with E-state index >= 15 is 0 Å². The Bertz CT molecular complexity index is 1200. The van der Waals surface area contributed by atoms with E-state index < -0.39 is 10.0 Å². The third-order valence-corrected chi connectivity index (χ3v) is 6.73. The predicted molar refractivity (Wildman–Crippen MR) is 137 cm³/mol. The van der Waals surface area contributed by atoms with Gasteiger partial charge in [0.25, 0.3) is 5.91 Å². The van der Waals surface area contributed by atoms with E-state index in [1.807, 2.05) is 56.3 Å². The summed E-state index contributed by atoms with van der Waals surface area (Å²) in [6.07, 6.45) is 2.19. The first-order valence-electron chi connectivity index (χ1n) is 11.3. The molecule has 0 spiro atoms. The highest BCUT2D eigenvalue weighted by Gasteiger charge is 2.21. The molecule has 0 unspecified atom stereocenters. The van der Waals surface area contributed by atoms with E-state index in [1.165, 1.54) is 16.1 Å². The van der Waals surface area contributed by atoms with Crippen molar-refractivity contribution in [3.05, 3.63) is 94.5 Å². The minimum atomic E-state index is -3.49. The molecule has 0 aliphatic carbocycles. The lowest BCUT2D eigenvalue weighted by Crippen LogP contribution is -2.31. The smallest absolute Gasteiger partial charge is 0.251 e. The second-order valence-corrected chi connectivity index (χ2v) is 10.2. The van der Waals surface area contributed by atoms with E-state index in [-0.39, 0.29) is 12.5 Å². The Balaban J connectivity index is 1.59. The number of nitrogens with one attached hydrogen (secondary N) is 1. The second-order valence-electron chi connectivity index (χ2n) is 8.31. The molecule has 3 rings (SSSR count). The van der Waals surface area contributed by atoms with Crippen LogP contribution in [0.15, 0.2) is 66.7 Å². The summed E-state index contributed by atoms with van der Waals surface area (Å²) in [6.45, 7) is 6.84. The van der Waals surface area contributed by atoms with Crippen LogP contribution in [0, 0.1) is 13.8 Å². The Morgan fingerprint density at radius 2 is 1.50 bits per heavy atom. The molecule has 0 aliphatic heterocycles. The van der Waals surface area contributed by atoms with Crippen molar-refractivity contribution in [3.63, 3.8) is 0 Å². The molecular weight excluding hydrogens is 448 g/mol. The monoisotopic (exact) mass is 480 g/mol. The number of rotatable bonds is 10. The summed E-state index contributed by atoms with van der Waals surface area (Å²) < 4.78 is 32.2. The van der Waals surface area contributed by atoms with Crippen LogP contribution in [0.4, 0.5) is 5.69 Å². The predicted octanol–water partition coefficient (Wildman–Crippen LogP) is 4.64. The van der Waals surface area contributed by atoms with E-state index in [0.29, 0.717) is 24.4 Å². The summed E-state index contributed by atoms with van der Waals surface area (Å²) in [7, 11) is -3.49. The summed E-state index contributed by atoms with van der Waals surface area (Å²) in [5, 5.41) is 2.85. The van der Waals surface area contributed by atoms with Crippen molar-refractivity contribution in [3.8, 4) is 5.75 Å². The van der Waals surface area contributed by atoms with Crippen molar-refractivity contribution in [1.29, 1.82) is 0 Å². The van der Waals surface area contributed by atoms with Gasteiger partial charge < -0.3 is 10.1 Å². The summed E-state index contributed by atoms with van der Waals surface area (Å²) in [4.78, 5) is 12.5. The molecule has 0 aliphatic rings. The third-order valence-electron chi connectivity index (χ3n) is 5.62. The molecule has 3 aromatic carbocycles. The van der Waals surface area contributed by atoms with Crippen LogP contribution in [0.1, 0.15) is 39.5 Å². The molecule has 0 atom stereocenters. The van der Waals surface area contributed by atoms with E-state index in [9.17, 15) is 13.2 Å². The largest absolute Gasteiger partial charge is 0.492 e. The van der Waals surface area contributed by atoms with Gasteiger partial charge in [-0.3, -0.25) is 9.10 Å². The van der Waals surface area contributed by atoms with Gasteiger partial charge >= 0.3 is 0 Å². The van der Waals surface area contributed by atoms with Crippen molar-refractivity contribution >= 4 is 21.6 Å². The molecular formula is C27H32N2O4S. The molecule has 6 nitrogen and oxygen atoms in total. The molecule has 1 N–H and O–H groups in total. The number of aryl methyl sites for hydroxylation is 3. The third kappa shape index (κ3) is 6.60. The number of nitrogens with zero attached hydrogens (tertiary/aromatic N) is 1. The zero-order valence-corrected chi connectivity index (χ0v) is 21.0. The molecule has 0 fully saturated rings. The van der Waals surface area contributed by atoms with Crippen LogP contribution in [0.5, 0.6) is 5.75 Å². The highest BCUT2D eigenvalue weighted by atomic mass is 32.2. The molecule has 1 amide bonds. The molecule has 3 aromatic rings. The van der Waals surface area contributed by atoms with Gasteiger partial charge in [-0.2, -0.15) is 0 Å². The Hall–Kier alpha value is -3.32. The Morgan fingerprint density at radius 1 is 0.912 bits per heavy atom. The number of carbonyl (C=O) groups excluding carboxylic acids is 1. The van der Waals surface area contributed by atoms with E-state index in [0.717, 1.165) is 28.9 Å². The summed E-state index contributed by atoms with van der Waals surface area (Å²) in [5.41, 5.74) is 5.03. The highest BCUT2D eigenvalue weighted by molar-refractivity contribution is 7.92. The van der Waals surface area contributed by atoms with Crippen molar-refractivity contribution in [1.82, 2.24) is 5.32 Å². The standard InChI is InChI=1S/C27H32N2O4S/c1-5-22-11-15-25(16-12-22)33-18-17-28-27(30)24-13-9-23(10-14-24)19-29(34(4,31)32)26-20(2)7-6-8-21(26)3/h6-16H,5,17-19H2,1-4H3,(H,28,30). The molecule has 0 radical (unpaired) electrons. The fourth-order valence-electron chi connectivity index (χ4n) is 3.75. The number of carbonyl (C=O) groups is 1. The average Bonchev–Trinajstić information content (AvgIpc) is 2.81. The highest BCUT2D eigenvalue weighted by Crippen LogP contribution is 2.28. The van der Waals surface area contributed by atoms with Crippen LogP contribution in [0.3, 0.4) is 0 Å². The van der Waals surface area contributed by atoms with Gasteiger partial charge in [0.05, 0.1) is 25.0 Å². The molecule has 0 heterocycles. The lowest BCUT2D eigenvalue weighted by molar-refractivity contribution is 0.0947. The number of hydrogen-bond acceptors (Lipinski definition) is 4. The SMILES string of the molecule is CCc1ccc(OCCNC(=O)c2ccc(CN(c3c(C)cccc3C)S(C)(=O)=O)cc2)cc1. The van der Waals surface area contributed by atoms with Gasteiger partial charge in [-0.05, 0) is 66.8 Å². The zero-order chi connectivity index (χ0) is 24.7. The first-order valence-corrected chi connectivity index (χ1v) is 13.2. The average molecular weight is 481 g/mol. The van der Waals surface area contributed by atoms with Gasteiger partial charge in [0.1, 0.15) is 12.4 Å². The van der Waals surface area contributed by atoms with Crippen molar-refractivity contribution in [2.75, 3.05) is 23.7 Å². The Morgan fingerprint density at radius 3 is 2.06 bits per heavy atom. The molecule has 180 valence electrons. The second kappa shape index (κ2) is 11.2. The van der Waals surface area contributed by atoms with Crippen LogP contribution >= 0.6 is 0 Å². The van der Waals surface area contributed by atoms with Crippen molar-refractivity contribution in [2.45, 2.75) is 33.7 Å². The molecule has 0 saturated carbocycles. The number of sulfonamides is 1. The lowest BCUT2D eigenvalue weighted by Gasteiger charge is -2.26. The molecule has 34 heavy (non-hydrogen) atoms. The first-order chi connectivity index (χ1) is 16.2. The number of amides is 1. The van der Waals surface area contributed by atoms with Gasteiger partial charge in [0, 0.05) is 5.56 Å². The fourth-order valence-corrected chi connectivity index (χ4v) is 4.75. The van der Waals surface area contributed by atoms with Gasteiger partial charge in [-0.15, -0.1) is 0 Å². The number of anilines is 1. The molecule has 0 bridgehead atoms. The minimum absolute atomic E-state index is 0.192. The maximum Gasteiger partial charge on any atom is 0.251 e. The van der Waals surface area contributed by atoms with Crippen molar-refractivity contribution < 1.29 is 17.9 Å². The van der Waals surface area contributed by atoms with Gasteiger partial charge in [0.15, 0.2) is 0 Å². The fraction of sp³-hybridized carbons (Fsp3) is 0.296. The summed E-state index contributed by atoms with van der Waals surface area (Å²) in [6, 6.07) is 20.6. The lowest BCUT2D eigenvalue weighted by atomic mass is 10.1. The quantitative estimate of drug-likeness (QED) is 0.429. The van der Waals surface area contributed by atoms with Crippen LogP contribution in [0.2, 0.25) is 0 Å². The normalized spacial score (nSPS) is 11.2. The van der Waals surface area contributed by atoms with Crippen LogP contribution in [-0.4, -0.2) is 33.7 Å². The number of hydrogen-bond donors (Lipinski definition) is 1. The first kappa shape index (κ1) is 25.3. The topological polar surface area (TPSA) is 75.7 Å². The number of benzene rings is 3. The van der Waals surface area contributed by atoms with E-state index in [2.05, 4.69) is 12.2 Å². The molecule has 7 heteroatoms. The Kier molecular flexibility index (Phi) is 8.34. The van der Waals surface area contributed by atoms with Gasteiger partial charge in [0.2, 0.25) is 10.0 Å². The van der Waals surface area contributed by atoms with Gasteiger partial charge in [-0.1, -0.05) is 49.4 Å². The molecule has 0 aromatic heterocycles. The zero-order valence-electron chi connectivity index (χ0n) is 20.2. The van der Waals surface area contributed by atoms with Crippen LogP contribution in [0.25, 0.3) is 0 Å².